The summed E-state index contributed by atoms with van der Waals surface area (Å²) in [6.07, 6.45) is 0.923. The Bertz CT molecular complexity index is 361. The van der Waals surface area contributed by atoms with Crippen LogP contribution in [-0.2, 0) is 0 Å². The molecule has 1 amide bonds. The van der Waals surface area contributed by atoms with Crippen LogP contribution in [0.15, 0.2) is 11.4 Å². The molecule has 0 aliphatic carbocycles. The fourth-order valence-corrected chi connectivity index (χ4v) is 2.79. The first-order chi connectivity index (χ1) is 7.22. The average molecular weight is 225 g/mol. The second-order valence-electron chi connectivity index (χ2n) is 4.02. The van der Waals surface area contributed by atoms with E-state index in [1.165, 1.54) is 11.3 Å². The molecule has 2 heterocycles. The quantitative estimate of drug-likeness (QED) is 0.829. The number of aliphatic hydroxyl groups is 1. The van der Waals surface area contributed by atoms with Gasteiger partial charge in [0.15, 0.2) is 0 Å². The van der Waals surface area contributed by atoms with E-state index in [4.69, 9.17) is 5.11 Å². The minimum Gasteiger partial charge on any atom is -0.396 e. The van der Waals surface area contributed by atoms with Gasteiger partial charge in [-0.1, -0.05) is 0 Å². The molecule has 1 aromatic rings. The highest BCUT2D eigenvalue weighted by Crippen LogP contribution is 2.22. The molecule has 0 bridgehead atoms. The van der Waals surface area contributed by atoms with Crippen LogP contribution in [0.5, 0.6) is 0 Å². The molecule has 82 valence electrons. The van der Waals surface area contributed by atoms with Gasteiger partial charge in [-0.3, -0.25) is 4.79 Å². The van der Waals surface area contributed by atoms with Crippen molar-refractivity contribution in [3.8, 4) is 0 Å². The fraction of sp³-hybridized carbons (Fsp3) is 0.545. The number of hydrogen-bond acceptors (Lipinski definition) is 3. The van der Waals surface area contributed by atoms with Gasteiger partial charge in [0.2, 0.25) is 0 Å². The van der Waals surface area contributed by atoms with Crippen molar-refractivity contribution < 1.29 is 9.90 Å². The molecule has 1 aromatic heterocycles. The van der Waals surface area contributed by atoms with E-state index in [-0.39, 0.29) is 18.4 Å². The number of carbonyl (C=O) groups excluding carboxylic acids is 1. The second-order valence-corrected chi connectivity index (χ2v) is 4.94. The monoisotopic (exact) mass is 225 g/mol. The number of aryl methyl sites for hydroxylation is 1. The maximum Gasteiger partial charge on any atom is 0.264 e. The number of amides is 1. The Hall–Kier alpha value is -0.870. The third-order valence-electron chi connectivity index (χ3n) is 2.89. The van der Waals surface area contributed by atoms with E-state index in [1.54, 1.807) is 0 Å². The Kier molecular flexibility index (Phi) is 3.07. The van der Waals surface area contributed by atoms with Gasteiger partial charge in [-0.15, -0.1) is 11.3 Å². The van der Waals surface area contributed by atoms with Gasteiger partial charge in [0.1, 0.15) is 0 Å². The highest BCUT2D eigenvalue weighted by molar-refractivity contribution is 7.12. The van der Waals surface area contributed by atoms with Crippen molar-refractivity contribution in [2.45, 2.75) is 13.3 Å². The Morgan fingerprint density at radius 1 is 1.73 bits per heavy atom. The van der Waals surface area contributed by atoms with Crippen LogP contribution in [0.3, 0.4) is 0 Å². The minimum atomic E-state index is 0.124. The second kappa shape index (κ2) is 4.33. The van der Waals surface area contributed by atoms with Crippen molar-refractivity contribution in [3.05, 3.63) is 21.9 Å². The number of aliphatic hydroxyl groups excluding tert-OH is 1. The van der Waals surface area contributed by atoms with E-state index in [0.717, 1.165) is 23.4 Å². The normalized spacial score (nSPS) is 20.9. The van der Waals surface area contributed by atoms with Crippen molar-refractivity contribution in [1.29, 1.82) is 0 Å². The Morgan fingerprint density at radius 2 is 2.53 bits per heavy atom. The van der Waals surface area contributed by atoms with Crippen molar-refractivity contribution in [1.82, 2.24) is 4.90 Å². The van der Waals surface area contributed by atoms with Gasteiger partial charge in [-0.2, -0.15) is 0 Å². The maximum absolute atomic E-state index is 12.0. The summed E-state index contributed by atoms with van der Waals surface area (Å²) in [7, 11) is 0. The lowest BCUT2D eigenvalue weighted by atomic mass is 10.1. The number of nitrogens with zero attached hydrogens (tertiary/aromatic N) is 1. The van der Waals surface area contributed by atoms with Gasteiger partial charge < -0.3 is 10.0 Å². The molecule has 3 nitrogen and oxygen atoms in total. The minimum absolute atomic E-state index is 0.124. The molecule has 0 spiro atoms. The van der Waals surface area contributed by atoms with Gasteiger partial charge >= 0.3 is 0 Å². The molecular formula is C11H15NO2S. The van der Waals surface area contributed by atoms with Crippen LogP contribution in [0.1, 0.15) is 21.7 Å². The van der Waals surface area contributed by atoms with E-state index >= 15 is 0 Å². The highest BCUT2D eigenvalue weighted by atomic mass is 32.1. The molecule has 1 aliphatic heterocycles. The molecular weight excluding hydrogens is 210 g/mol. The Morgan fingerprint density at radius 3 is 3.07 bits per heavy atom. The van der Waals surface area contributed by atoms with Crippen LogP contribution < -0.4 is 0 Å². The Labute approximate surface area is 93.3 Å². The molecule has 15 heavy (non-hydrogen) atoms. The van der Waals surface area contributed by atoms with Crippen LogP contribution in [0.2, 0.25) is 0 Å². The first-order valence-corrected chi connectivity index (χ1v) is 6.04. The highest BCUT2D eigenvalue weighted by Gasteiger charge is 2.27. The number of rotatable bonds is 2. The van der Waals surface area contributed by atoms with Crippen molar-refractivity contribution in [2.24, 2.45) is 5.92 Å². The lowest BCUT2D eigenvalue weighted by molar-refractivity contribution is 0.0786. The standard InChI is InChI=1S/C11H15NO2S/c1-8-3-5-15-10(8)11(14)12-4-2-9(6-12)7-13/h3,5,9,13H,2,4,6-7H2,1H3/t9-/m1/s1. The predicted molar refractivity (Wildman–Crippen MR) is 60.2 cm³/mol. The van der Waals surface area contributed by atoms with Gasteiger partial charge in [0, 0.05) is 25.6 Å². The fourth-order valence-electron chi connectivity index (χ4n) is 1.90. The summed E-state index contributed by atoms with van der Waals surface area (Å²) in [5.74, 6) is 0.396. The summed E-state index contributed by atoms with van der Waals surface area (Å²) in [6, 6.07) is 1.97. The summed E-state index contributed by atoms with van der Waals surface area (Å²) in [6.45, 7) is 3.63. The zero-order valence-electron chi connectivity index (χ0n) is 8.77. The van der Waals surface area contributed by atoms with E-state index in [9.17, 15) is 4.79 Å². The Balaban J connectivity index is 2.07. The molecule has 0 aromatic carbocycles. The molecule has 0 unspecified atom stereocenters. The van der Waals surface area contributed by atoms with Gasteiger partial charge in [0.05, 0.1) is 4.88 Å². The molecule has 0 radical (unpaired) electrons. The molecule has 1 N–H and O–H groups in total. The molecule has 1 fully saturated rings. The number of carbonyl (C=O) groups is 1. The largest absolute Gasteiger partial charge is 0.396 e. The molecule has 1 saturated heterocycles. The summed E-state index contributed by atoms with van der Waals surface area (Å²) in [5.41, 5.74) is 1.05. The first kappa shape index (κ1) is 10.6. The number of thiophene rings is 1. The third-order valence-corrected chi connectivity index (χ3v) is 3.89. The average Bonchev–Trinajstić information content (AvgIpc) is 2.84. The predicted octanol–water partition coefficient (Wildman–Crippen LogP) is 1.51. The van der Waals surface area contributed by atoms with E-state index in [1.807, 2.05) is 23.3 Å². The van der Waals surface area contributed by atoms with Crippen molar-refractivity contribution in [2.75, 3.05) is 19.7 Å². The van der Waals surface area contributed by atoms with Crippen molar-refractivity contribution >= 4 is 17.2 Å². The van der Waals surface area contributed by atoms with Crippen molar-refractivity contribution in [3.63, 3.8) is 0 Å². The smallest absolute Gasteiger partial charge is 0.264 e. The van der Waals surface area contributed by atoms with Gasteiger partial charge in [-0.05, 0) is 30.4 Å². The van der Waals surface area contributed by atoms with Crippen LogP contribution in [0, 0.1) is 12.8 Å². The maximum atomic E-state index is 12.0. The van der Waals surface area contributed by atoms with E-state index in [2.05, 4.69) is 0 Å². The van der Waals surface area contributed by atoms with Gasteiger partial charge in [-0.25, -0.2) is 0 Å². The number of hydrogen-bond donors (Lipinski definition) is 1. The van der Waals surface area contributed by atoms with Crippen LogP contribution >= 0.6 is 11.3 Å². The molecule has 1 aliphatic rings. The lowest BCUT2D eigenvalue weighted by Crippen LogP contribution is -2.28. The molecule has 0 saturated carbocycles. The number of likely N-dealkylation sites (tertiary alicyclic amines) is 1. The van der Waals surface area contributed by atoms with Crippen LogP contribution in [-0.4, -0.2) is 35.6 Å². The lowest BCUT2D eigenvalue weighted by Gasteiger charge is -2.15. The summed E-state index contributed by atoms with van der Waals surface area (Å²) in [4.78, 5) is 14.7. The zero-order valence-corrected chi connectivity index (χ0v) is 9.59. The SMILES string of the molecule is Cc1ccsc1C(=O)N1CC[C@@H](CO)C1. The summed E-state index contributed by atoms with van der Waals surface area (Å²) < 4.78 is 0. The molecule has 1 atom stereocenters. The topological polar surface area (TPSA) is 40.5 Å². The van der Waals surface area contributed by atoms with Gasteiger partial charge in [0.25, 0.3) is 5.91 Å². The third kappa shape index (κ3) is 2.06. The van der Waals surface area contributed by atoms with Crippen LogP contribution in [0.4, 0.5) is 0 Å². The zero-order chi connectivity index (χ0) is 10.8. The first-order valence-electron chi connectivity index (χ1n) is 5.16. The van der Waals surface area contributed by atoms with Crippen LogP contribution in [0.25, 0.3) is 0 Å². The van der Waals surface area contributed by atoms with E-state index < -0.39 is 0 Å². The molecule has 4 heteroatoms. The summed E-state index contributed by atoms with van der Waals surface area (Å²) >= 11 is 1.50. The summed E-state index contributed by atoms with van der Waals surface area (Å²) in [5, 5.41) is 11.0. The van der Waals surface area contributed by atoms with E-state index in [0.29, 0.717) is 6.54 Å². The molecule has 2 rings (SSSR count).